The first kappa shape index (κ1) is 13.6. The lowest BCUT2D eigenvalue weighted by Crippen LogP contribution is -2.19. The van der Waals surface area contributed by atoms with Gasteiger partial charge in [0.1, 0.15) is 11.6 Å². The minimum atomic E-state index is -0.567. The van der Waals surface area contributed by atoms with E-state index >= 15 is 0 Å². The largest absolute Gasteiger partial charge is 0.309 e. The lowest BCUT2D eigenvalue weighted by molar-refractivity contribution is 0.571. The molecule has 2 aromatic rings. The van der Waals surface area contributed by atoms with Crippen LogP contribution in [0.5, 0.6) is 0 Å². The third kappa shape index (κ3) is 2.96. The Morgan fingerprint density at radius 2 is 1.89 bits per heavy atom. The zero-order valence-corrected chi connectivity index (χ0v) is 11.0. The van der Waals surface area contributed by atoms with E-state index in [4.69, 9.17) is 0 Å². The summed E-state index contributed by atoms with van der Waals surface area (Å²) in [4.78, 5) is 4.09. The van der Waals surface area contributed by atoms with E-state index in [2.05, 4.69) is 10.3 Å². The van der Waals surface area contributed by atoms with Crippen molar-refractivity contribution in [2.75, 3.05) is 7.05 Å². The molecule has 1 atom stereocenters. The van der Waals surface area contributed by atoms with Gasteiger partial charge in [-0.25, -0.2) is 8.78 Å². The monoisotopic (exact) mass is 262 g/mol. The fourth-order valence-corrected chi connectivity index (χ4v) is 2.26. The van der Waals surface area contributed by atoms with Gasteiger partial charge in [0.2, 0.25) is 0 Å². The molecule has 0 aliphatic heterocycles. The molecule has 1 heterocycles. The lowest BCUT2D eigenvalue weighted by atomic mass is 9.95. The van der Waals surface area contributed by atoms with E-state index in [0.29, 0.717) is 5.56 Å². The summed E-state index contributed by atoms with van der Waals surface area (Å²) in [6.45, 7) is 2.03. The molecule has 0 saturated carbocycles. The number of hydrogen-bond donors (Lipinski definition) is 1. The van der Waals surface area contributed by atoms with E-state index in [0.717, 1.165) is 23.6 Å². The minimum Gasteiger partial charge on any atom is -0.309 e. The van der Waals surface area contributed by atoms with Gasteiger partial charge in [-0.05, 0) is 48.4 Å². The number of nitrogens with one attached hydrogen (secondary N) is 1. The summed E-state index contributed by atoms with van der Waals surface area (Å²) in [6, 6.07) is 5.21. The van der Waals surface area contributed by atoms with E-state index in [-0.39, 0.29) is 6.04 Å². The summed E-state index contributed by atoms with van der Waals surface area (Å²) in [5.41, 5.74) is 2.62. The maximum atomic E-state index is 13.3. The highest BCUT2D eigenvalue weighted by molar-refractivity contribution is 5.36. The van der Waals surface area contributed by atoms with Crippen LogP contribution in [-0.2, 0) is 6.42 Å². The summed E-state index contributed by atoms with van der Waals surface area (Å²) < 4.78 is 26.7. The molecule has 2 rings (SSSR count). The Labute approximate surface area is 111 Å². The Morgan fingerprint density at radius 3 is 2.47 bits per heavy atom. The molecule has 0 amide bonds. The molecule has 100 valence electrons. The molecule has 0 saturated heterocycles. The standard InChI is InChI=1S/C15H16F2N2/c1-3-10-9-19-5-4-14(10)15(18-2)11-6-12(16)8-13(17)7-11/h4-9,15,18H,3H2,1-2H3. The quantitative estimate of drug-likeness (QED) is 0.915. The van der Waals surface area contributed by atoms with E-state index < -0.39 is 11.6 Å². The summed E-state index contributed by atoms with van der Waals surface area (Å²) in [5.74, 6) is -1.13. The number of nitrogens with zero attached hydrogens (tertiary/aromatic N) is 1. The van der Waals surface area contributed by atoms with Gasteiger partial charge in [-0.2, -0.15) is 0 Å². The van der Waals surface area contributed by atoms with Gasteiger partial charge >= 0.3 is 0 Å². The Kier molecular flexibility index (Phi) is 4.22. The van der Waals surface area contributed by atoms with Crippen molar-refractivity contribution in [1.29, 1.82) is 0 Å². The van der Waals surface area contributed by atoms with E-state index in [1.54, 1.807) is 19.4 Å². The van der Waals surface area contributed by atoms with Crippen molar-refractivity contribution in [2.24, 2.45) is 0 Å². The van der Waals surface area contributed by atoms with E-state index in [9.17, 15) is 8.78 Å². The molecule has 0 spiro atoms. The fraction of sp³-hybridized carbons (Fsp3) is 0.267. The molecule has 1 aromatic heterocycles. The number of rotatable bonds is 4. The number of hydrogen-bond acceptors (Lipinski definition) is 2. The highest BCUT2D eigenvalue weighted by Crippen LogP contribution is 2.25. The molecule has 19 heavy (non-hydrogen) atoms. The molecule has 0 aliphatic rings. The van der Waals surface area contributed by atoms with Crippen LogP contribution in [0.3, 0.4) is 0 Å². The van der Waals surface area contributed by atoms with Gasteiger partial charge < -0.3 is 5.32 Å². The second kappa shape index (κ2) is 5.89. The average Bonchev–Trinajstić information content (AvgIpc) is 2.39. The second-order valence-electron chi connectivity index (χ2n) is 4.35. The topological polar surface area (TPSA) is 24.9 Å². The highest BCUT2D eigenvalue weighted by Gasteiger charge is 2.16. The third-order valence-electron chi connectivity index (χ3n) is 3.14. The predicted octanol–water partition coefficient (Wildman–Crippen LogP) is 3.23. The first-order valence-corrected chi connectivity index (χ1v) is 6.21. The molecular formula is C15H16F2N2. The molecule has 1 aromatic carbocycles. The van der Waals surface area contributed by atoms with Gasteiger partial charge in [-0.15, -0.1) is 0 Å². The number of pyridine rings is 1. The van der Waals surface area contributed by atoms with Crippen molar-refractivity contribution < 1.29 is 8.78 Å². The summed E-state index contributed by atoms with van der Waals surface area (Å²) >= 11 is 0. The van der Waals surface area contributed by atoms with Crippen LogP contribution in [0, 0.1) is 11.6 Å². The first-order valence-electron chi connectivity index (χ1n) is 6.21. The molecule has 1 N–H and O–H groups in total. The maximum Gasteiger partial charge on any atom is 0.126 e. The van der Waals surface area contributed by atoms with Gasteiger partial charge in [-0.3, -0.25) is 4.98 Å². The van der Waals surface area contributed by atoms with Crippen LogP contribution in [0.25, 0.3) is 0 Å². The number of aryl methyl sites for hydroxylation is 1. The van der Waals surface area contributed by atoms with Crippen LogP contribution in [0.1, 0.15) is 29.7 Å². The Hall–Kier alpha value is -1.81. The number of aromatic nitrogens is 1. The molecule has 2 nitrogen and oxygen atoms in total. The van der Waals surface area contributed by atoms with Crippen LogP contribution in [0.2, 0.25) is 0 Å². The van der Waals surface area contributed by atoms with Gasteiger partial charge in [0.15, 0.2) is 0 Å². The first-order chi connectivity index (χ1) is 9.15. The maximum absolute atomic E-state index is 13.3. The van der Waals surface area contributed by atoms with Gasteiger partial charge in [-0.1, -0.05) is 6.92 Å². The normalized spacial score (nSPS) is 12.4. The highest BCUT2D eigenvalue weighted by atomic mass is 19.1. The van der Waals surface area contributed by atoms with Crippen molar-refractivity contribution in [2.45, 2.75) is 19.4 Å². The Balaban J connectivity index is 2.49. The second-order valence-corrected chi connectivity index (χ2v) is 4.35. The SMILES string of the molecule is CCc1cnccc1C(NC)c1cc(F)cc(F)c1. The average molecular weight is 262 g/mol. The summed E-state index contributed by atoms with van der Waals surface area (Å²) in [7, 11) is 1.77. The van der Waals surface area contributed by atoms with Crippen LogP contribution in [-0.4, -0.2) is 12.0 Å². The molecule has 4 heteroatoms. The van der Waals surface area contributed by atoms with Crippen molar-refractivity contribution in [1.82, 2.24) is 10.3 Å². The van der Waals surface area contributed by atoms with Crippen LogP contribution in [0.4, 0.5) is 8.78 Å². The molecule has 0 radical (unpaired) electrons. The van der Waals surface area contributed by atoms with Gasteiger partial charge in [0, 0.05) is 18.5 Å². The van der Waals surface area contributed by atoms with Crippen LogP contribution < -0.4 is 5.32 Å². The molecule has 1 unspecified atom stereocenters. The zero-order valence-electron chi connectivity index (χ0n) is 11.0. The summed E-state index contributed by atoms with van der Waals surface area (Å²) in [5, 5.41) is 3.10. The van der Waals surface area contributed by atoms with Crippen LogP contribution in [0.15, 0.2) is 36.7 Å². The van der Waals surface area contributed by atoms with E-state index in [1.165, 1.54) is 12.1 Å². The minimum absolute atomic E-state index is 0.247. The van der Waals surface area contributed by atoms with Crippen molar-refractivity contribution in [3.05, 3.63) is 65.0 Å². The van der Waals surface area contributed by atoms with Gasteiger partial charge in [0.05, 0.1) is 6.04 Å². The third-order valence-corrected chi connectivity index (χ3v) is 3.14. The molecule has 0 fully saturated rings. The number of halogens is 2. The smallest absolute Gasteiger partial charge is 0.126 e. The van der Waals surface area contributed by atoms with E-state index in [1.807, 2.05) is 13.0 Å². The van der Waals surface area contributed by atoms with Crippen molar-refractivity contribution in [3.8, 4) is 0 Å². The Bertz CT molecular complexity index is 550. The lowest BCUT2D eigenvalue weighted by Gasteiger charge is -2.20. The number of benzene rings is 1. The predicted molar refractivity (Wildman–Crippen MR) is 70.9 cm³/mol. The van der Waals surface area contributed by atoms with Gasteiger partial charge in [0.25, 0.3) is 0 Å². The Morgan fingerprint density at radius 1 is 1.21 bits per heavy atom. The van der Waals surface area contributed by atoms with Crippen molar-refractivity contribution >= 4 is 0 Å². The van der Waals surface area contributed by atoms with Crippen molar-refractivity contribution in [3.63, 3.8) is 0 Å². The zero-order chi connectivity index (χ0) is 13.8. The fourth-order valence-electron chi connectivity index (χ4n) is 2.26. The summed E-state index contributed by atoms with van der Waals surface area (Å²) in [6.07, 6.45) is 4.29. The molecule has 0 aliphatic carbocycles. The molecule has 0 bridgehead atoms. The molecular weight excluding hydrogens is 246 g/mol. The van der Waals surface area contributed by atoms with Crippen LogP contribution >= 0.6 is 0 Å².